The van der Waals surface area contributed by atoms with Crippen molar-refractivity contribution in [1.29, 1.82) is 0 Å². The Hall–Kier alpha value is -3.24. The van der Waals surface area contributed by atoms with Crippen LogP contribution in [0.15, 0.2) is 24.3 Å². The summed E-state index contributed by atoms with van der Waals surface area (Å²) >= 11 is 0. The zero-order valence-electron chi connectivity index (χ0n) is 20.2. The highest BCUT2D eigenvalue weighted by atomic mass is 16.5. The molecule has 2 fully saturated rings. The molecule has 0 spiro atoms. The molecular weight excluding hydrogens is 448 g/mol. The van der Waals surface area contributed by atoms with Gasteiger partial charge in [0.15, 0.2) is 0 Å². The fraction of sp³-hybridized carbons (Fsp3) is 0.520. The number of hydrogen-bond donors (Lipinski definition) is 2. The summed E-state index contributed by atoms with van der Waals surface area (Å²) in [5.74, 6) is 0.699. The van der Waals surface area contributed by atoms with E-state index in [9.17, 15) is 9.59 Å². The van der Waals surface area contributed by atoms with Crippen LogP contribution in [0.1, 0.15) is 37.4 Å². The van der Waals surface area contributed by atoms with Crippen molar-refractivity contribution in [3.05, 3.63) is 35.5 Å². The van der Waals surface area contributed by atoms with Gasteiger partial charge >= 0.3 is 6.03 Å². The first-order valence-corrected chi connectivity index (χ1v) is 12.2. The quantitative estimate of drug-likeness (QED) is 0.627. The molecule has 10 nitrogen and oxygen atoms in total. The lowest BCUT2D eigenvalue weighted by atomic mass is 10.1. The van der Waals surface area contributed by atoms with E-state index in [2.05, 4.69) is 22.5 Å². The molecule has 35 heavy (non-hydrogen) atoms. The number of aromatic nitrogens is 2. The Kier molecular flexibility index (Phi) is 6.83. The lowest BCUT2D eigenvalue weighted by Gasteiger charge is -2.33. The van der Waals surface area contributed by atoms with Crippen LogP contribution in [0.4, 0.5) is 16.4 Å². The number of anilines is 2. The number of fused-ring (bicyclic) bond motifs is 1. The highest BCUT2D eigenvalue weighted by molar-refractivity contribution is 5.90. The van der Waals surface area contributed by atoms with Gasteiger partial charge in [-0.3, -0.25) is 4.79 Å². The van der Waals surface area contributed by atoms with Crippen molar-refractivity contribution in [2.24, 2.45) is 0 Å². The van der Waals surface area contributed by atoms with Crippen LogP contribution in [0.5, 0.6) is 0 Å². The second-order valence-corrected chi connectivity index (χ2v) is 9.36. The molecule has 1 aromatic carbocycles. The molecular formula is C25H32N6O4. The molecule has 1 aliphatic carbocycles. The summed E-state index contributed by atoms with van der Waals surface area (Å²) < 4.78 is 10.7. The first kappa shape index (κ1) is 23.5. The van der Waals surface area contributed by atoms with Crippen LogP contribution in [0, 0.1) is 0 Å². The monoisotopic (exact) mass is 480 g/mol. The van der Waals surface area contributed by atoms with Crippen molar-refractivity contribution in [3.63, 3.8) is 0 Å². The zero-order valence-corrected chi connectivity index (χ0v) is 20.2. The molecule has 3 heterocycles. The molecule has 10 heteroatoms. The second kappa shape index (κ2) is 10.2. The predicted octanol–water partition coefficient (Wildman–Crippen LogP) is 2.53. The molecule has 1 unspecified atom stereocenters. The summed E-state index contributed by atoms with van der Waals surface area (Å²) in [6.45, 7) is 5.39. The minimum atomic E-state index is -0.183. The van der Waals surface area contributed by atoms with Crippen molar-refractivity contribution < 1.29 is 19.1 Å². The largest absolute Gasteiger partial charge is 0.384 e. The molecule has 1 saturated heterocycles. The van der Waals surface area contributed by atoms with E-state index in [-0.39, 0.29) is 18.0 Å². The third-order valence-corrected chi connectivity index (χ3v) is 6.60. The number of morpholine rings is 1. The third kappa shape index (κ3) is 5.38. The average Bonchev–Trinajstić information content (AvgIpc) is 3.56. The van der Waals surface area contributed by atoms with Gasteiger partial charge in [-0.25, -0.2) is 14.8 Å². The van der Waals surface area contributed by atoms with Gasteiger partial charge in [-0.05, 0) is 31.9 Å². The number of amides is 3. The fourth-order valence-corrected chi connectivity index (χ4v) is 4.45. The number of nitrogens with one attached hydrogen (secondary N) is 2. The Balaban J connectivity index is 1.42. The maximum absolute atomic E-state index is 12.7. The number of hydrogen-bond acceptors (Lipinski definition) is 7. The summed E-state index contributed by atoms with van der Waals surface area (Å²) in [6, 6.07) is 7.94. The molecule has 2 aliphatic heterocycles. The van der Waals surface area contributed by atoms with E-state index in [1.165, 1.54) is 0 Å². The highest BCUT2D eigenvalue weighted by Crippen LogP contribution is 2.34. The third-order valence-electron chi connectivity index (χ3n) is 6.60. The number of methoxy groups -OCH3 is 1. The number of urea groups is 1. The van der Waals surface area contributed by atoms with E-state index in [1.807, 2.05) is 29.2 Å². The van der Waals surface area contributed by atoms with Gasteiger partial charge in [0.05, 0.1) is 56.8 Å². The Morgan fingerprint density at radius 1 is 1.17 bits per heavy atom. The Bertz CT molecular complexity index is 1090. The van der Waals surface area contributed by atoms with Gasteiger partial charge in [-0.2, -0.15) is 0 Å². The molecule has 3 aliphatic rings. The van der Waals surface area contributed by atoms with Crippen molar-refractivity contribution >= 4 is 23.6 Å². The minimum absolute atomic E-state index is 0.0401. The SMILES string of the molecule is COCCC(=O)N1Cc2nc(N3CCOCC3C)nc(-c3ccc(NC(=O)NC4CC4)cc3)c2C1. The predicted molar refractivity (Wildman–Crippen MR) is 131 cm³/mol. The average molecular weight is 481 g/mol. The number of rotatable bonds is 7. The first-order chi connectivity index (χ1) is 17.0. The molecule has 1 atom stereocenters. The highest BCUT2D eigenvalue weighted by Gasteiger charge is 2.31. The lowest BCUT2D eigenvalue weighted by molar-refractivity contribution is -0.132. The number of nitrogens with zero attached hydrogens (tertiary/aromatic N) is 4. The normalized spacial score (nSPS) is 19.4. The summed E-state index contributed by atoms with van der Waals surface area (Å²) in [7, 11) is 1.60. The minimum Gasteiger partial charge on any atom is -0.384 e. The van der Waals surface area contributed by atoms with Crippen LogP contribution in [0.2, 0.25) is 0 Å². The molecule has 3 amide bonds. The van der Waals surface area contributed by atoms with E-state index in [1.54, 1.807) is 7.11 Å². The van der Waals surface area contributed by atoms with Gasteiger partial charge in [0, 0.05) is 36.5 Å². The van der Waals surface area contributed by atoms with Crippen molar-refractivity contribution in [2.45, 2.75) is 51.4 Å². The summed E-state index contributed by atoms with van der Waals surface area (Å²) in [4.78, 5) is 38.6. The topological polar surface area (TPSA) is 109 Å². The molecule has 0 bridgehead atoms. The molecule has 1 saturated carbocycles. The lowest BCUT2D eigenvalue weighted by Crippen LogP contribution is -2.44. The molecule has 5 rings (SSSR count). The molecule has 1 aromatic heterocycles. The standard InChI is InChI=1S/C25H32N6O4/c1-16-15-35-12-10-31(16)24-28-21-14-30(22(32)9-11-34-2)13-20(21)23(29-24)17-3-5-18(6-4-17)26-25(33)27-19-7-8-19/h3-6,16,19H,7-15H2,1-2H3,(H2,26,27,33). The van der Waals surface area contributed by atoms with E-state index >= 15 is 0 Å². The van der Waals surface area contributed by atoms with Gasteiger partial charge < -0.3 is 29.9 Å². The van der Waals surface area contributed by atoms with Crippen LogP contribution in [0.3, 0.4) is 0 Å². The maximum atomic E-state index is 12.7. The van der Waals surface area contributed by atoms with E-state index in [0.29, 0.717) is 51.3 Å². The van der Waals surface area contributed by atoms with E-state index in [0.717, 1.165) is 47.6 Å². The van der Waals surface area contributed by atoms with Gasteiger partial charge in [-0.15, -0.1) is 0 Å². The van der Waals surface area contributed by atoms with Crippen LogP contribution < -0.4 is 15.5 Å². The summed E-state index contributed by atoms with van der Waals surface area (Å²) in [5.41, 5.74) is 4.30. The van der Waals surface area contributed by atoms with Crippen LogP contribution in [-0.2, 0) is 27.4 Å². The Labute approximate surface area is 205 Å². The van der Waals surface area contributed by atoms with Gasteiger partial charge in [0.2, 0.25) is 11.9 Å². The van der Waals surface area contributed by atoms with Gasteiger partial charge in [0.1, 0.15) is 0 Å². The Morgan fingerprint density at radius 3 is 2.69 bits per heavy atom. The molecule has 2 N–H and O–H groups in total. The molecule has 186 valence electrons. The fourth-order valence-electron chi connectivity index (χ4n) is 4.45. The number of ether oxygens (including phenoxy) is 2. The van der Waals surface area contributed by atoms with Crippen molar-refractivity contribution in [1.82, 2.24) is 20.2 Å². The van der Waals surface area contributed by atoms with Gasteiger partial charge in [0.25, 0.3) is 0 Å². The van der Waals surface area contributed by atoms with Crippen LogP contribution in [-0.4, -0.2) is 72.4 Å². The number of carbonyl (C=O) groups excluding carboxylic acids is 2. The molecule has 0 radical (unpaired) electrons. The van der Waals surface area contributed by atoms with E-state index in [4.69, 9.17) is 19.4 Å². The van der Waals surface area contributed by atoms with Crippen molar-refractivity contribution in [2.75, 3.05) is 43.7 Å². The van der Waals surface area contributed by atoms with Crippen LogP contribution in [0.25, 0.3) is 11.3 Å². The summed E-state index contributed by atoms with van der Waals surface area (Å²) in [5, 5.41) is 5.81. The van der Waals surface area contributed by atoms with E-state index < -0.39 is 0 Å². The zero-order chi connectivity index (χ0) is 24.4. The van der Waals surface area contributed by atoms with Crippen LogP contribution >= 0.6 is 0 Å². The smallest absolute Gasteiger partial charge is 0.319 e. The van der Waals surface area contributed by atoms with Gasteiger partial charge in [-0.1, -0.05) is 12.1 Å². The Morgan fingerprint density at radius 2 is 1.97 bits per heavy atom. The first-order valence-electron chi connectivity index (χ1n) is 12.2. The second-order valence-electron chi connectivity index (χ2n) is 9.36. The number of carbonyl (C=O) groups is 2. The maximum Gasteiger partial charge on any atom is 0.319 e. The van der Waals surface area contributed by atoms with Crippen molar-refractivity contribution in [3.8, 4) is 11.3 Å². The summed E-state index contributed by atoms with van der Waals surface area (Å²) in [6.07, 6.45) is 2.42. The molecule has 2 aromatic rings. The number of benzene rings is 1.